The van der Waals surface area contributed by atoms with E-state index in [1.54, 1.807) is 18.5 Å². The molecular formula is C12H12N2O2. The van der Waals surface area contributed by atoms with Crippen molar-refractivity contribution in [1.82, 2.24) is 9.97 Å². The van der Waals surface area contributed by atoms with Gasteiger partial charge in [-0.15, -0.1) is 0 Å². The number of aromatic nitrogens is 2. The normalized spacial score (nSPS) is 10.4. The molecule has 4 heteroatoms. The van der Waals surface area contributed by atoms with Gasteiger partial charge in [-0.1, -0.05) is 6.07 Å². The van der Waals surface area contributed by atoms with Gasteiger partial charge >= 0.3 is 0 Å². The van der Waals surface area contributed by atoms with Gasteiger partial charge in [-0.05, 0) is 23.8 Å². The van der Waals surface area contributed by atoms with E-state index in [-0.39, 0.29) is 13.2 Å². The summed E-state index contributed by atoms with van der Waals surface area (Å²) in [5.74, 6) is 0. The van der Waals surface area contributed by atoms with Gasteiger partial charge in [0, 0.05) is 18.0 Å². The molecule has 2 aromatic rings. The minimum absolute atomic E-state index is 0.113. The van der Waals surface area contributed by atoms with Crippen LogP contribution in [0.4, 0.5) is 0 Å². The van der Waals surface area contributed by atoms with Gasteiger partial charge in [0.05, 0.1) is 24.6 Å². The highest BCUT2D eigenvalue weighted by Gasteiger charge is 2.10. The van der Waals surface area contributed by atoms with Crippen LogP contribution in [0.2, 0.25) is 0 Å². The molecule has 0 amide bonds. The Kier molecular flexibility index (Phi) is 3.24. The molecule has 2 heterocycles. The average Bonchev–Trinajstić information content (AvgIpc) is 2.38. The lowest BCUT2D eigenvalue weighted by molar-refractivity contribution is 0.260. The van der Waals surface area contributed by atoms with Crippen molar-refractivity contribution in [1.29, 1.82) is 0 Å². The summed E-state index contributed by atoms with van der Waals surface area (Å²) in [5, 5.41) is 18.5. The Morgan fingerprint density at radius 2 is 1.81 bits per heavy atom. The Morgan fingerprint density at radius 3 is 2.44 bits per heavy atom. The molecule has 2 aromatic heterocycles. The SMILES string of the molecule is OCc1ccnc(-c2ccccn2)c1CO. The molecule has 0 saturated carbocycles. The number of aliphatic hydroxyl groups excluding tert-OH is 2. The molecule has 0 aliphatic rings. The van der Waals surface area contributed by atoms with Crippen LogP contribution in [0.3, 0.4) is 0 Å². The maximum absolute atomic E-state index is 9.31. The fraction of sp³-hybridized carbons (Fsp3) is 0.167. The predicted molar refractivity (Wildman–Crippen MR) is 59.3 cm³/mol. The van der Waals surface area contributed by atoms with Crippen LogP contribution in [0.15, 0.2) is 36.7 Å². The molecule has 82 valence electrons. The highest BCUT2D eigenvalue weighted by molar-refractivity contribution is 5.60. The number of aliphatic hydroxyl groups is 2. The second-order valence-corrected chi connectivity index (χ2v) is 3.33. The van der Waals surface area contributed by atoms with E-state index >= 15 is 0 Å². The fourth-order valence-corrected chi connectivity index (χ4v) is 1.58. The minimum atomic E-state index is -0.157. The summed E-state index contributed by atoms with van der Waals surface area (Å²) in [7, 11) is 0. The number of hydrogen-bond donors (Lipinski definition) is 2. The first-order valence-electron chi connectivity index (χ1n) is 4.96. The number of nitrogens with zero attached hydrogens (tertiary/aromatic N) is 2. The summed E-state index contributed by atoms with van der Waals surface area (Å²) < 4.78 is 0. The van der Waals surface area contributed by atoms with Crippen molar-refractivity contribution in [2.45, 2.75) is 13.2 Å². The monoisotopic (exact) mass is 216 g/mol. The summed E-state index contributed by atoms with van der Waals surface area (Å²) in [6.07, 6.45) is 3.28. The first-order valence-corrected chi connectivity index (χ1v) is 4.96. The molecule has 0 radical (unpaired) electrons. The molecule has 0 bridgehead atoms. The summed E-state index contributed by atoms with van der Waals surface area (Å²) in [6.45, 7) is -0.270. The van der Waals surface area contributed by atoms with E-state index < -0.39 is 0 Å². The third kappa shape index (κ3) is 1.93. The quantitative estimate of drug-likeness (QED) is 0.807. The molecule has 0 unspecified atom stereocenters. The Bertz CT molecular complexity index is 472. The van der Waals surface area contributed by atoms with Crippen molar-refractivity contribution in [2.24, 2.45) is 0 Å². The molecule has 0 aliphatic heterocycles. The van der Waals surface area contributed by atoms with E-state index in [1.165, 1.54) is 0 Å². The Balaban J connectivity index is 2.57. The second-order valence-electron chi connectivity index (χ2n) is 3.33. The maximum atomic E-state index is 9.31. The van der Waals surface area contributed by atoms with Crippen LogP contribution < -0.4 is 0 Å². The summed E-state index contributed by atoms with van der Waals surface area (Å²) in [4.78, 5) is 8.37. The van der Waals surface area contributed by atoms with Crippen LogP contribution in [0.25, 0.3) is 11.4 Å². The zero-order valence-corrected chi connectivity index (χ0v) is 8.67. The van der Waals surface area contributed by atoms with Gasteiger partial charge < -0.3 is 10.2 Å². The lowest BCUT2D eigenvalue weighted by Crippen LogP contribution is -2.00. The van der Waals surface area contributed by atoms with Crippen molar-refractivity contribution in [3.8, 4) is 11.4 Å². The van der Waals surface area contributed by atoms with E-state index in [9.17, 15) is 5.11 Å². The van der Waals surface area contributed by atoms with Crippen molar-refractivity contribution in [2.75, 3.05) is 0 Å². The molecule has 0 spiro atoms. The Labute approximate surface area is 93.2 Å². The largest absolute Gasteiger partial charge is 0.392 e. The topological polar surface area (TPSA) is 66.2 Å². The highest BCUT2D eigenvalue weighted by atomic mass is 16.3. The van der Waals surface area contributed by atoms with E-state index in [2.05, 4.69) is 9.97 Å². The highest BCUT2D eigenvalue weighted by Crippen LogP contribution is 2.22. The number of hydrogen-bond acceptors (Lipinski definition) is 4. The van der Waals surface area contributed by atoms with Crippen LogP contribution in [0, 0.1) is 0 Å². The first-order chi connectivity index (χ1) is 7.86. The summed E-state index contributed by atoms with van der Waals surface area (Å²) >= 11 is 0. The molecule has 0 fully saturated rings. The fourth-order valence-electron chi connectivity index (χ4n) is 1.58. The zero-order chi connectivity index (χ0) is 11.4. The van der Waals surface area contributed by atoms with Gasteiger partial charge in [0.15, 0.2) is 0 Å². The van der Waals surface area contributed by atoms with E-state index in [1.807, 2.05) is 18.2 Å². The number of pyridine rings is 2. The van der Waals surface area contributed by atoms with Crippen LogP contribution in [-0.4, -0.2) is 20.2 Å². The molecule has 4 nitrogen and oxygen atoms in total. The maximum Gasteiger partial charge on any atom is 0.0944 e. The average molecular weight is 216 g/mol. The molecule has 0 aliphatic carbocycles. The molecule has 0 atom stereocenters. The van der Waals surface area contributed by atoms with Crippen LogP contribution in [0.1, 0.15) is 11.1 Å². The third-order valence-electron chi connectivity index (χ3n) is 2.39. The van der Waals surface area contributed by atoms with Gasteiger partial charge in [0.1, 0.15) is 0 Å². The van der Waals surface area contributed by atoms with Crippen molar-refractivity contribution < 1.29 is 10.2 Å². The van der Waals surface area contributed by atoms with Crippen LogP contribution >= 0.6 is 0 Å². The van der Waals surface area contributed by atoms with Crippen LogP contribution in [-0.2, 0) is 13.2 Å². The zero-order valence-electron chi connectivity index (χ0n) is 8.67. The van der Waals surface area contributed by atoms with Gasteiger partial charge in [-0.3, -0.25) is 9.97 Å². The molecular weight excluding hydrogens is 204 g/mol. The second kappa shape index (κ2) is 4.83. The van der Waals surface area contributed by atoms with E-state index in [0.29, 0.717) is 22.5 Å². The summed E-state index contributed by atoms with van der Waals surface area (Å²) in [6, 6.07) is 7.19. The molecule has 0 saturated heterocycles. The van der Waals surface area contributed by atoms with Gasteiger partial charge in [0.2, 0.25) is 0 Å². The summed E-state index contributed by atoms with van der Waals surface area (Å²) in [5.41, 5.74) is 2.62. The van der Waals surface area contributed by atoms with Gasteiger partial charge in [-0.25, -0.2) is 0 Å². The number of rotatable bonds is 3. The standard InChI is InChI=1S/C12H12N2O2/c15-7-9-4-6-14-12(10(9)8-16)11-3-1-2-5-13-11/h1-6,15-16H,7-8H2. The lowest BCUT2D eigenvalue weighted by Gasteiger charge is -2.09. The van der Waals surface area contributed by atoms with Gasteiger partial charge in [-0.2, -0.15) is 0 Å². The first kappa shape index (κ1) is 10.7. The lowest BCUT2D eigenvalue weighted by atomic mass is 10.1. The van der Waals surface area contributed by atoms with Gasteiger partial charge in [0.25, 0.3) is 0 Å². The smallest absolute Gasteiger partial charge is 0.0944 e. The molecule has 2 rings (SSSR count). The van der Waals surface area contributed by atoms with E-state index in [4.69, 9.17) is 5.11 Å². The van der Waals surface area contributed by atoms with E-state index in [0.717, 1.165) is 0 Å². The van der Waals surface area contributed by atoms with Crippen molar-refractivity contribution in [3.05, 3.63) is 47.8 Å². The Morgan fingerprint density at radius 1 is 0.938 bits per heavy atom. The molecule has 2 N–H and O–H groups in total. The predicted octanol–water partition coefficient (Wildman–Crippen LogP) is 1.13. The molecule has 0 aromatic carbocycles. The van der Waals surface area contributed by atoms with Crippen molar-refractivity contribution in [3.63, 3.8) is 0 Å². The third-order valence-corrected chi connectivity index (χ3v) is 2.39. The minimum Gasteiger partial charge on any atom is -0.392 e. The van der Waals surface area contributed by atoms with Crippen LogP contribution in [0.5, 0.6) is 0 Å². The Hall–Kier alpha value is -1.78. The molecule has 16 heavy (non-hydrogen) atoms. The van der Waals surface area contributed by atoms with Crippen molar-refractivity contribution >= 4 is 0 Å².